The van der Waals surface area contributed by atoms with Gasteiger partial charge in [0, 0.05) is 11.9 Å². The van der Waals surface area contributed by atoms with Crippen LogP contribution in [0.2, 0.25) is 0 Å². The molecule has 0 radical (unpaired) electrons. The molecule has 0 spiro atoms. The van der Waals surface area contributed by atoms with Crippen LogP contribution in [0.5, 0.6) is 0 Å². The Balaban J connectivity index is 2.45. The number of aromatic amines is 1. The van der Waals surface area contributed by atoms with Crippen molar-refractivity contribution >= 4 is 11.8 Å². The Hall–Kier alpha value is -2.37. The number of hydrogen-bond acceptors (Lipinski definition) is 6. The maximum Gasteiger partial charge on any atom is 0.339 e. The van der Waals surface area contributed by atoms with Crippen LogP contribution in [0.25, 0.3) is 0 Å². The number of nitrogens with zero attached hydrogens (tertiary/aromatic N) is 3. The Morgan fingerprint density at radius 2 is 2.25 bits per heavy atom. The van der Waals surface area contributed by atoms with Crippen molar-refractivity contribution in [2.75, 3.05) is 0 Å². The first-order valence-corrected chi connectivity index (χ1v) is 6.36. The molecule has 0 atom stereocenters. The number of aliphatic hydroxyl groups excluding tert-OH is 1. The highest BCUT2D eigenvalue weighted by Gasteiger charge is 2.10. The quantitative estimate of drug-likeness (QED) is 0.769. The van der Waals surface area contributed by atoms with Crippen LogP contribution in [-0.4, -0.2) is 19.9 Å². The predicted molar refractivity (Wildman–Crippen MR) is 71.3 cm³/mol. The van der Waals surface area contributed by atoms with Crippen LogP contribution < -0.4 is 11.1 Å². The molecule has 0 saturated heterocycles. The predicted octanol–water partition coefficient (Wildman–Crippen LogP) is -0.0162. The fourth-order valence-corrected chi connectivity index (χ4v) is 2.36. The topological polar surface area (TPSA) is 112 Å². The second-order valence-corrected chi connectivity index (χ2v) is 4.91. The molecular weight excluding hydrogens is 280 g/mol. The van der Waals surface area contributed by atoms with Gasteiger partial charge in [-0.15, -0.1) is 0 Å². The second-order valence-electron chi connectivity index (χ2n) is 3.90. The summed E-state index contributed by atoms with van der Waals surface area (Å²) in [6.45, 7) is -0.158. The van der Waals surface area contributed by atoms with Crippen LogP contribution in [0.1, 0.15) is 11.1 Å². The lowest BCUT2D eigenvalue weighted by Crippen LogP contribution is -2.33. The van der Waals surface area contributed by atoms with Crippen molar-refractivity contribution in [2.45, 2.75) is 16.7 Å². The summed E-state index contributed by atoms with van der Waals surface area (Å²) in [5, 5.41) is 20.7. The number of aryl methyl sites for hydroxylation is 1. The fraction of sp³-hybridized carbons (Fsp3) is 0.167. The molecular formula is C12H10N4O3S. The van der Waals surface area contributed by atoms with E-state index in [-0.39, 0.29) is 11.8 Å². The molecule has 0 unspecified atom stereocenters. The summed E-state index contributed by atoms with van der Waals surface area (Å²) in [4.78, 5) is 26.6. The molecule has 2 rings (SSSR count). The standard InChI is InChI=1S/C12H10N4O3S/c1-16-12(14-10(18)11(19)15-16)20-9-3-2-7(6-17)4-8(9)5-13/h2-4,17H,6H2,1H3,(H,15,19). The van der Waals surface area contributed by atoms with E-state index in [0.717, 1.165) is 11.8 Å². The number of H-pyrrole nitrogens is 1. The van der Waals surface area contributed by atoms with Crippen molar-refractivity contribution in [3.63, 3.8) is 0 Å². The van der Waals surface area contributed by atoms with Crippen LogP contribution in [0, 0.1) is 11.3 Å². The van der Waals surface area contributed by atoms with Gasteiger partial charge in [-0.3, -0.25) is 19.4 Å². The maximum absolute atomic E-state index is 11.3. The summed E-state index contributed by atoms with van der Waals surface area (Å²) < 4.78 is 1.31. The van der Waals surface area contributed by atoms with Crippen molar-refractivity contribution in [2.24, 2.45) is 7.05 Å². The minimum atomic E-state index is -0.879. The van der Waals surface area contributed by atoms with Crippen molar-refractivity contribution < 1.29 is 5.11 Å². The molecule has 0 aliphatic heterocycles. The Kier molecular flexibility index (Phi) is 4.02. The summed E-state index contributed by atoms with van der Waals surface area (Å²) >= 11 is 1.09. The first-order chi connectivity index (χ1) is 9.55. The minimum absolute atomic E-state index is 0.158. The van der Waals surface area contributed by atoms with E-state index in [1.807, 2.05) is 6.07 Å². The molecule has 0 amide bonds. The third-order valence-corrected chi connectivity index (χ3v) is 3.62. The number of hydrogen-bond donors (Lipinski definition) is 2. The molecule has 0 saturated carbocycles. The van der Waals surface area contributed by atoms with Gasteiger partial charge in [0.25, 0.3) is 0 Å². The van der Waals surface area contributed by atoms with Crippen molar-refractivity contribution in [3.05, 3.63) is 50.0 Å². The van der Waals surface area contributed by atoms with E-state index in [2.05, 4.69) is 10.1 Å². The zero-order valence-electron chi connectivity index (χ0n) is 10.5. The van der Waals surface area contributed by atoms with Gasteiger partial charge in [0.05, 0.1) is 12.2 Å². The molecule has 2 N–H and O–H groups in total. The number of nitriles is 1. The zero-order valence-corrected chi connectivity index (χ0v) is 11.3. The third-order valence-electron chi connectivity index (χ3n) is 2.50. The van der Waals surface area contributed by atoms with Crippen LogP contribution in [0.15, 0.2) is 37.8 Å². The molecule has 8 heteroatoms. The van der Waals surface area contributed by atoms with Crippen LogP contribution in [-0.2, 0) is 13.7 Å². The van der Waals surface area contributed by atoms with Crippen LogP contribution in [0.4, 0.5) is 0 Å². The highest BCUT2D eigenvalue weighted by Crippen LogP contribution is 2.28. The van der Waals surface area contributed by atoms with Crippen molar-refractivity contribution in [3.8, 4) is 6.07 Å². The molecule has 0 bridgehead atoms. The number of rotatable bonds is 3. The Morgan fingerprint density at radius 1 is 1.50 bits per heavy atom. The van der Waals surface area contributed by atoms with Gasteiger partial charge in [-0.05, 0) is 29.5 Å². The van der Waals surface area contributed by atoms with E-state index >= 15 is 0 Å². The van der Waals surface area contributed by atoms with E-state index in [0.29, 0.717) is 16.0 Å². The zero-order chi connectivity index (χ0) is 14.7. The van der Waals surface area contributed by atoms with E-state index in [4.69, 9.17) is 10.4 Å². The molecule has 0 aliphatic carbocycles. The average Bonchev–Trinajstić information content (AvgIpc) is 2.45. The summed E-state index contributed by atoms with van der Waals surface area (Å²) in [7, 11) is 1.55. The van der Waals surface area contributed by atoms with Gasteiger partial charge in [-0.2, -0.15) is 10.2 Å². The third kappa shape index (κ3) is 2.79. The van der Waals surface area contributed by atoms with Gasteiger partial charge < -0.3 is 5.11 Å². The molecule has 2 aromatic rings. The first kappa shape index (κ1) is 14.0. The molecule has 1 heterocycles. The number of aliphatic hydroxyl groups is 1. The van der Waals surface area contributed by atoms with E-state index in [1.165, 1.54) is 4.68 Å². The summed E-state index contributed by atoms with van der Waals surface area (Å²) in [6.07, 6.45) is 0. The smallest absolute Gasteiger partial charge is 0.339 e. The Labute approximate surface area is 117 Å². The Morgan fingerprint density at radius 3 is 2.90 bits per heavy atom. The van der Waals surface area contributed by atoms with Gasteiger partial charge >= 0.3 is 11.1 Å². The molecule has 0 fully saturated rings. The lowest BCUT2D eigenvalue weighted by atomic mass is 10.1. The molecule has 0 aliphatic rings. The van der Waals surface area contributed by atoms with Gasteiger partial charge in [0.1, 0.15) is 6.07 Å². The highest BCUT2D eigenvalue weighted by atomic mass is 32.2. The monoisotopic (exact) mass is 290 g/mol. The van der Waals surface area contributed by atoms with Gasteiger partial charge in [-0.25, -0.2) is 0 Å². The van der Waals surface area contributed by atoms with Gasteiger partial charge in [0.15, 0.2) is 5.16 Å². The molecule has 1 aromatic heterocycles. The summed E-state index contributed by atoms with van der Waals surface area (Å²) in [6, 6.07) is 6.91. The number of benzene rings is 1. The van der Waals surface area contributed by atoms with Crippen molar-refractivity contribution in [1.82, 2.24) is 14.8 Å². The largest absolute Gasteiger partial charge is 0.392 e. The average molecular weight is 290 g/mol. The fourth-order valence-electron chi connectivity index (χ4n) is 1.50. The highest BCUT2D eigenvalue weighted by molar-refractivity contribution is 7.99. The van der Waals surface area contributed by atoms with Crippen LogP contribution >= 0.6 is 11.8 Å². The molecule has 102 valence electrons. The Bertz CT molecular complexity index is 804. The lowest BCUT2D eigenvalue weighted by molar-refractivity contribution is 0.281. The van der Waals surface area contributed by atoms with Crippen molar-refractivity contribution in [1.29, 1.82) is 5.26 Å². The van der Waals surface area contributed by atoms with E-state index < -0.39 is 11.1 Å². The SMILES string of the molecule is Cn1[nH]c(=O)c(=O)nc1Sc1ccc(CO)cc1C#N. The maximum atomic E-state index is 11.3. The van der Waals surface area contributed by atoms with Crippen LogP contribution in [0.3, 0.4) is 0 Å². The van der Waals surface area contributed by atoms with E-state index in [9.17, 15) is 9.59 Å². The molecule has 1 aromatic carbocycles. The normalized spacial score (nSPS) is 10.2. The first-order valence-electron chi connectivity index (χ1n) is 5.54. The lowest BCUT2D eigenvalue weighted by Gasteiger charge is -2.07. The molecule has 7 nitrogen and oxygen atoms in total. The molecule has 20 heavy (non-hydrogen) atoms. The van der Waals surface area contributed by atoms with Gasteiger partial charge in [-0.1, -0.05) is 6.07 Å². The minimum Gasteiger partial charge on any atom is -0.392 e. The number of aromatic nitrogens is 3. The van der Waals surface area contributed by atoms with Gasteiger partial charge in [0.2, 0.25) is 0 Å². The second kappa shape index (κ2) is 5.73. The number of nitrogens with one attached hydrogen (secondary N) is 1. The van der Waals surface area contributed by atoms with E-state index in [1.54, 1.807) is 25.2 Å². The summed E-state index contributed by atoms with van der Waals surface area (Å²) in [5.74, 6) is 0. The summed E-state index contributed by atoms with van der Waals surface area (Å²) in [5.41, 5.74) is -0.694.